The van der Waals surface area contributed by atoms with Crippen LogP contribution in [0.3, 0.4) is 0 Å². The third kappa shape index (κ3) is 71.5. The van der Waals surface area contributed by atoms with E-state index in [1.54, 1.807) is 0 Å². The number of esters is 2. The van der Waals surface area contributed by atoms with Crippen molar-refractivity contribution in [2.45, 2.75) is 347 Å². The number of nitrogens with zero attached hydrogens (tertiary/aromatic N) is 1. The number of aliphatic carboxylic acids is 1. The SMILES string of the molecule is CC/C=C\C/C=C\C/C=C\C/C=C\C/C=C\C/C=C\C/C=C\C/C=C\CCCCCCCCCCCCCCCCCCC(=O)OC(COC(=O)CCCCCCCCCCCCCCCCCCCCCCCCC)COC(OCC[N+](C)(C)C)C(=O)[O-]. The molecule has 0 spiro atoms. The summed E-state index contributed by atoms with van der Waals surface area (Å²) in [7, 11) is 5.94. The average Bonchev–Trinajstić information content (AvgIpc) is 3.64. The van der Waals surface area contributed by atoms with Crippen LogP contribution in [0.1, 0.15) is 335 Å². The van der Waals surface area contributed by atoms with Crippen molar-refractivity contribution in [2.75, 3.05) is 47.5 Å². The number of hydrogen-bond donors (Lipinski definition) is 0. The van der Waals surface area contributed by atoms with Crippen LogP contribution in [0.2, 0.25) is 0 Å². The van der Waals surface area contributed by atoms with Gasteiger partial charge in [0.1, 0.15) is 13.2 Å². The quantitative estimate of drug-likeness (QED) is 0.0195. The number of quaternary nitrogens is 1. The van der Waals surface area contributed by atoms with Gasteiger partial charge in [-0.25, -0.2) is 0 Å². The monoisotopic (exact) mass is 1240 g/mol. The van der Waals surface area contributed by atoms with Crippen LogP contribution in [0.25, 0.3) is 0 Å². The lowest BCUT2D eigenvalue weighted by Gasteiger charge is -2.26. The van der Waals surface area contributed by atoms with Gasteiger partial charge in [-0.3, -0.25) is 9.59 Å². The minimum atomic E-state index is -1.62. The van der Waals surface area contributed by atoms with E-state index >= 15 is 0 Å². The lowest BCUT2D eigenvalue weighted by Crippen LogP contribution is -2.44. The Morgan fingerprint density at radius 3 is 0.955 bits per heavy atom. The summed E-state index contributed by atoms with van der Waals surface area (Å²) >= 11 is 0. The number of unbranched alkanes of at least 4 members (excludes halogenated alkanes) is 38. The summed E-state index contributed by atoms with van der Waals surface area (Å²) in [5, 5.41) is 11.8. The molecule has 0 saturated heterocycles. The molecule has 89 heavy (non-hydrogen) atoms. The van der Waals surface area contributed by atoms with E-state index in [1.165, 1.54) is 218 Å². The molecular formula is C80H141NO8. The molecule has 0 aromatic heterocycles. The number of ether oxygens (including phenoxy) is 4. The van der Waals surface area contributed by atoms with Crippen LogP contribution in [0.15, 0.2) is 97.2 Å². The molecule has 0 fully saturated rings. The smallest absolute Gasteiger partial charge is 0.306 e. The Bertz CT molecular complexity index is 1790. The van der Waals surface area contributed by atoms with Crippen LogP contribution in [0.4, 0.5) is 0 Å². The number of carbonyl (C=O) groups excluding carboxylic acids is 3. The Morgan fingerprint density at radius 1 is 0.348 bits per heavy atom. The Morgan fingerprint density at radius 2 is 0.640 bits per heavy atom. The Hall–Kier alpha value is -3.79. The van der Waals surface area contributed by atoms with Crippen LogP contribution >= 0.6 is 0 Å². The molecule has 0 aliphatic carbocycles. The Balaban J connectivity index is 4.04. The van der Waals surface area contributed by atoms with Gasteiger partial charge in [-0.1, -0.05) is 342 Å². The predicted molar refractivity (Wildman–Crippen MR) is 380 cm³/mol. The van der Waals surface area contributed by atoms with Crippen LogP contribution in [0, 0.1) is 0 Å². The summed E-state index contributed by atoms with van der Waals surface area (Å²) in [6.07, 6.45) is 93.6. The molecule has 0 aromatic carbocycles. The van der Waals surface area contributed by atoms with Gasteiger partial charge in [-0.2, -0.15) is 0 Å². The second kappa shape index (κ2) is 70.1. The first-order valence-corrected chi connectivity index (χ1v) is 37.4. The van der Waals surface area contributed by atoms with Crippen molar-refractivity contribution in [2.24, 2.45) is 0 Å². The molecule has 9 heteroatoms. The van der Waals surface area contributed by atoms with Crippen LogP contribution < -0.4 is 5.11 Å². The van der Waals surface area contributed by atoms with Gasteiger partial charge in [-0.15, -0.1) is 0 Å². The maximum Gasteiger partial charge on any atom is 0.306 e. The number of likely N-dealkylation sites (N-methyl/N-ethyl adjacent to an activating group) is 1. The largest absolute Gasteiger partial charge is 0.545 e. The molecule has 9 nitrogen and oxygen atoms in total. The van der Waals surface area contributed by atoms with E-state index in [0.717, 1.165) is 83.5 Å². The molecule has 2 unspecified atom stereocenters. The minimum absolute atomic E-state index is 0.148. The number of carboxylic acid groups (broad SMARTS) is 1. The van der Waals surface area contributed by atoms with Crippen molar-refractivity contribution in [3.63, 3.8) is 0 Å². The van der Waals surface area contributed by atoms with E-state index in [-0.39, 0.29) is 32.2 Å². The second-order valence-electron chi connectivity index (χ2n) is 26.2. The molecule has 0 radical (unpaired) electrons. The molecule has 0 heterocycles. The average molecular weight is 1250 g/mol. The molecule has 0 aliphatic heterocycles. The first kappa shape index (κ1) is 85.2. The standard InChI is InChI=1S/C80H141NO8/c1-6-8-10-12-14-16-18-20-22-24-26-28-30-31-32-33-34-35-36-37-38-39-40-41-42-43-44-45-46-47-49-51-53-55-57-59-61-63-65-67-69-71-78(83)89-76(75-88-80(79(84)85)86-73-72-81(3,4)5)74-87-77(82)70-68-66-64-62-60-58-56-54-52-50-48-29-27-25-23-21-19-17-15-13-11-9-7-2/h8,10,14,16,20,22,26,28,31-32,34-35,37-38,40-41,76,80H,6-7,9,11-13,15,17-19,21,23-25,27,29-30,33,36,39,42-75H2,1-5H3/b10-8-,16-14-,22-20-,28-26-,32-31-,35-34-,38-37-,41-40-. The second-order valence-corrected chi connectivity index (χ2v) is 26.2. The molecule has 0 N–H and O–H groups in total. The summed E-state index contributed by atoms with van der Waals surface area (Å²) in [5.41, 5.74) is 0. The first-order valence-electron chi connectivity index (χ1n) is 37.4. The summed E-state index contributed by atoms with van der Waals surface area (Å²) in [5.74, 6) is -2.26. The van der Waals surface area contributed by atoms with Gasteiger partial charge in [0.25, 0.3) is 0 Å². The van der Waals surface area contributed by atoms with Crippen molar-refractivity contribution in [1.82, 2.24) is 0 Å². The highest BCUT2D eigenvalue weighted by Crippen LogP contribution is 2.18. The summed E-state index contributed by atoms with van der Waals surface area (Å²) in [6, 6.07) is 0. The Labute approximate surface area is 550 Å². The third-order valence-corrected chi connectivity index (χ3v) is 16.3. The van der Waals surface area contributed by atoms with Crippen LogP contribution in [-0.4, -0.2) is 82.3 Å². The highest BCUT2D eigenvalue weighted by molar-refractivity contribution is 5.70. The number of allylic oxidation sites excluding steroid dienone is 16. The lowest BCUT2D eigenvalue weighted by molar-refractivity contribution is -0.870. The van der Waals surface area contributed by atoms with Crippen molar-refractivity contribution >= 4 is 17.9 Å². The van der Waals surface area contributed by atoms with Crippen LogP contribution in [0.5, 0.6) is 0 Å². The molecule has 0 bridgehead atoms. The maximum absolute atomic E-state index is 13.0. The summed E-state index contributed by atoms with van der Waals surface area (Å²) in [6.45, 7) is 4.68. The van der Waals surface area contributed by atoms with Gasteiger partial charge in [0, 0.05) is 12.8 Å². The fourth-order valence-electron chi connectivity index (χ4n) is 10.7. The predicted octanol–water partition coefficient (Wildman–Crippen LogP) is 22.3. The summed E-state index contributed by atoms with van der Waals surface area (Å²) < 4.78 is 22.8. The zero-order valence-electron chi connectivity index (χ0n) is 58.8. The molecular weight excluding hydrogens is 1100 g/mol. The first-order chi connectivity index (χ1) is 43.6. The molecule has 0 rings (SSSR count). The van der Waals surface area contributed by atoms with Gasteiger partial charge in [-0.05, 0) is 77.0 Å². The van der Waals surface area contributed by atoms with Gasteiger partial charge in [0.05, 0.1) is 40.3 Å². The molecule has 0 saturated carbocycles. The zero-order valence-corrected chi connectivity index (χ0v) is 58.8. The van der Waals surface area contributed by atoms with Crippen molar-refractivity contribution in [3.8, 4) is 0 Å². The lowest BCUT2D eigenvalue weighted by atomic mass is 10.0. The highest BCUT2D eigenvalue weighted by Gasteiger charge is 2.22. The van der Waals surface area contributed by atoms with Gasteiger partial charge >= 0.3 is 11.9 Å². The Kier molecular flexibility index (Phi) is 67.1. The maximum atomic E-state index is 13.0. The van der Waals surface area contributed by atoms with Gasteiger partial charge in [0.2, 0.25) is 0 Å². The minimum Gasteiger partial charge on any atom is -0.545 e. The number of carbonyl (C=O) groups is 3. The fraction of sp³-hybridized carbons (Fsp3) is 0.762. The molecule has 2 atom stereocenters. The molecule has 0 amide bonds. The van der Waals surface area contributed by atoms with E-state index in [2.05, 4.69) is 111 Å². The van der Waals surface area contributed by atoms with E-state index in [1.807, 2.05) is 21.1 Å². The highest BCUT2D eigenvalue weighted by atomic mass is 16.7. The topological polar surface area (TPSA) is 111 Å². The van der Waals surface area contributed by atoms with Crippen molar-refractivity contribution in [1.29, 1.82) is 0 Å². The molecule has 514 valence electrons. The molecule has 0 aromatic rings. The number of rotatable bonds is 69. The van der Waals surface area contributed by atoms with E-state index in [9.17, 15) is 19.5 Å². The van der Waals surface area contributed by atoms with E-state index in [4.69, 9.17) is 18.9 Å². The normalized spacial score (nSPS) is 13.2. The fourth-order valence-corrected chi connectivity index (χ4v) is 10.7. The number of hydrogen-bond acceptors (Lipinski definition) is 8. The third-order valence-electron chi connectivity index (χ3n) is 16.3. The van der Waals surface area contributed by atoms with Gasteiger partial charge in [0.15, 0.2) is 12.4 Å². The zero-order chi connectivity index (χ0) is 64.7. The van der Waals surface area contributed by atoms with Gasteiger partial charge < -0.3 is 33.3 Å². The van der Waals surface area contributed by atoms with Crippen molar-refractivity contribution in [3.05, 3.63) is 97.2 Å². The van der Waals surface area contributed by atoms with Crippen LogP contribution in [-0.2, 0) is 33.3 Å². The van der Waals surface area contributed by atoms with Crippen molar-refractivity contribution < 1.29 is 42.9 Å². The molecule has 0 aliphatic rings. The number of carboxylic acids is 1. The summed E-state index contributed by atoms with van der Waals surface area (Å²) in [4.78, 5) is 37.5. The van der Waals surface area contributed by atoms with E-state index in [0.29, 0.717) is 23.9 Å². The van der Waals surface area contributed by atoms with E-state index < -0.39 is 24.3 Å².